The topological polar surface area (TPSA) is 113 Å². The third kappa shape index (κ3) is 5.30. The van der Waals surface area contributed by atoms with Gasteiger partial charge in [0.1, 0.15) is 5.75 Å². The average molecular weight is 467 g/mol. The molecule has 35 heavy (non-hydrogen) atoms. The summed E-state index contributed by atoms with van der Waals surface area (Å²) in [6, 6.07) is 28.2. The van der Waals surface area contributed by atoms with Crippen molar-refractivity contribution in [2.45, 2.75) is 12.1 Å². The molecule has 0 saturated carbocycles. The number of nitrogens with two attached hydrogens (primary N) is 1. The van der Waals surface area contributed by atoms with E-state index in [0.717, 1.165) is 16.9 Å². The first kappa shape index (κ1) is 22.5. The lowest BCUT2D eigenvalue weighted by Crippen LogP contribution is -2.38. The van der Waals surface area contributed by atoms with Crippen LogP contribution >= 0.6 is 0 Å². The van der Waals surface area contributed by atoms with Crippen molar-refractivity contribution in [1.82, 2.24) is 15.8 Å². The Morgan fingerprint density at radius 2 is 1.69 bits per heavy atom. The highest BCUT2D eigenvalue weighted by Crippen LogP contribution is 2.31. The number of amides is 1. The molecule has 2 unspecified atom stereocenters. The Labute approximate surface area is 203 Å². The minimum absolute atomic E-state index is 0.0434. The van der Waals surface area contributed by atoms with Crippen LogP contribution in [0.2, 0.25) is 0 Å². The van der Waals surface area contributed by atoms with Crippen LogP contribution in [0.5, 0.6) is 11.6 Å². The summed E-state index contributed by atoms with van der Waals surface area (Å²) in [6.45, 7) is 0.689. The number of nitrogens with zero attached hydrogens (tertiary/aromatic N) is 1. The highest BCUT2D eigenvalue weighted by molar-refractivity contribution is 6.08. The molecule has 1 aromatic heterocycles. The highest BCUT2D eigenvalue weighted by atomic mass is 16.5. The van der Waals surface area contributed by atoms with Crippen molar-refractivity contribution in [3.8, 4) is 11.6 Å². The molecule has 0 aliphatic carbocycles. The summed E-state index contributed by atoms with van der Waals surface area (Å²) < 4.78 is 6.06. The van der Waals surface area contributed by atoms with Gasteiger partial charge in [-0.3, -0.25) is 10.2 Å². The van der Waals surface area contributed by atoms with E-state index >= 15 is 0 Å². The fourth-order valence-electron chi connectivity index (χ4n) is 3.97. The van der Waals surface area contributed by atoms with Crippen molar-refractivity contribution in [3.63, 3.8) is 0 Å². The zero-order chi connectivity index (χ0) is 24.0. The predicted molar refractivity (Wildman–Crippen MR) is 137 cm³/mol. The van der Waals surface area contributed by atoms with Gasteiger partial charge in [-0.2, -0.15) is 0 Å². The Kier molecular flexibility index (Phi) is 6.67. The van der Waals surface area contributed by atoms with E-state index in [-0.39, 0.29) is 18.0 Å². The molecular formula is C27H26N6O2. The maximum absolute atomic E-state index is 13.0. The second kappa shape index (κ2) is 10.4. The molecule has 1 aliphatic heterocycles. The van der Waals surface area contributed by atoms with Crippen LogP contribution in [0.3, 0.4) is 0 Å². The Bertz CT molecular complexity index is 1300. The van der Waals surface area contributed by atoms with E-state index in [1.807, 2.05) is 60.7 Å². The molecule has 6 N–H and O–H groups in total. The molecule has 0 bridgehead atoms. The van der Waals surface area contributed by atoms with E-state index in [1.165, 1.54) is 0 Å². The van der Waals surface area contributed by atoms with Crippen molar-refractivity contribution in [2.24, 2.45) is 5.73 Å². The van der Waals surface area contributed by atoms with Gasteiger partial charge < -0.3 is 21.1 Å². The molecule has 5 rings (SSSR count). The van der Waals surface area contributed by atoms with Gasteiger partial charge in [-0.05, 0) is 54.6 Å². The highest BCUT2D eigenvalue weighted by Gasteiger charge is 2.28. The number of anilines is 3. The summed E-state index contributed by atoms with van der Waals surface area (Å²) in [5.41, 5.74) is 16.0. The van der Waals surface area contributed by atoms with E-state index in [0.29, 0.717) is 29.4 Å². The van der Waals surface area contributed by atoms with E-state index < -0.39 is 0 Å². The maximum Gasteiger partial charge on any atom is 0.257 e. The molecule has 0 radical (unpaired) electrons. The SMILES string of the molecule is NC1NNCC1c1cccnc1Oc1ccc(NC(=O)c2ccccc2Nc2ccccc2)cc1. The minimum Gasteiger partial charge on any atom is -0.439 e. The van der Waals surface area contributed by atoms with Gasteiger partial charge in [0.2, 0.25) is 5.88 Å². The first-order valence-electron chi connectivity index (χ1n) is 11.4. The number of hydrogen-bond donors (Lipinski definition) is 5. The molecule has 1 aliphatic rings. The number of carbonyl (C=O) groups excluding carboxylic acids is 1. The largest absolute Gasteiger partial charge is 0.439 e. The monoisotopic (exact) mass is 466 g/mol. The molecule has 4 aromatic rings. The third-order valence-electron chi connectivity index (χ3n) is 5.78. The summed E-state index contributed by atoms with van der Waals surface area (Å²) in [6.07, 6.45) is 1.47. The standard InChI is InChI=1S/C27H26N6O2/c28-25-23(17-30-33-25)21-10-6-16-29-27(21)35-20-14-12-19(13-15-20)32-26(34)22-9-4-5-11-24(22)31-18-7-2-1-3-8-18/h1-16,23,25,30-31,33H,17,28H2,(H,32,34). The fraction of sp³-hybridized carbons (Fsp3) is 0.111. The van der Waals surface area contributed by atoms with Crippen LogP contribution in [0.15, 0.2) is 97.2 Å². The number of benzene rings is 3. The van der Waals surface area contributed by atoms with E-state index in [2.05, 4.69) is 26.5 Å². The van der Waals surface area contributed by atoms with Crippen LogP contribution in [-0.2, 0) is 0 Å². The van der Waals surface area contributed by atoms with Crippen LogP contribution in [0.1, 0.15) is 21.8 Å². The van der Waals surface area contributed by atoms with Crippen molar-refractivity contribution in [2.75, 3.05) is 17.2 Å². The lowest BCUT2D eigenvalue weighted by molar-refractivity contribution is 0.102. The molecule has 176 valence electrons. The lowest BCUT2D eigenvalue weighted by atomic mass is 9.99. The summed E-state index contributed by atoms with van der Waals surface area (Å²) >= 11 is 0. The normalized spacial score (nSPS) is 17.1. The Morgan fingerprint density at radius 1 is 0.914 bits per heavy atom. The number of rotatable bonds is 7. The molecule has 0 spiro atoms. The number of hydrazine groups is 1. The van der Waals surface area contributed by atoms with E-state index in [4.69, 9.17) is 10.5 Å². The van der Waals surface area contributed by atoms with E-state index in [1.54, 1.807) is 36.5 Å². The summed E-state index contributed by atoms with van der Waals surface area (Å²) in [4.78, 5) is 17.4. The Balaban J connectivity index is 1.28. The number of para-hydroxylation sites is 2. The maximum atomic E-state index is 13.0. The molecular weight excluding hydrogens is 440 g/mol. The van der Waals surface area contributed by atoms with Gasteiger partial charge in [0, 0.05) is 35.6 Å². The second-order valence-corrected chi connectivity index (χ2v) is 8.17. The summed E-state index contributed by atoms with van der Waals surface area (Å²) in [7, 11) is 0. The lowest BCUT2D eigenvalue weighted by Gasteiger charge is -2.17. The van der Waals surface area contributed by atoms with Crippen LogP contribution < -0.4 is 32.0 Å². The van der Waals surface area contributed by atoms with Gasteiger partial charge >= 0.3 is 0 Å². The van der Waals surface area contributed by atoms with Crippen LogP contribution in [0.25, 0.3) is 0 Å². The van der Waals surface area contributed by atoms with Crippen molar-refractivity contribution in [3.05, 3.63) is 108 Å². The zero-order valence-corrected chi connectivity index (χ0v) is 18.9. The van der Waals surface area contributed by atoms with Gasteiger partial charge in [-0.25, -0.2) is 10.4 Å². The molecule has 1 fully saturated rings. The Hall–Kier alpha value is -4.24. The zero-order valence-electron chi connectivity index (χ0n) is 18.9. The summed E-state index contributed by atoms with van der Waals surface area (Å²) in [5, 5.41) is 6.26. The van der Waals surface area contributed by atoms with Crippen LogP contribution in [0, 0.1) is 0 Å². The number of carbonyl (C=O) groups is 1. The molecule has 8 heteroatoms. The number of pyridine rings is 1. The Morgan fingerprint density at radius 3 is 2.46 bits per heavy atom. The number of hydrogen-bond acceptors (Lipinski definition) is 7. The van der Waals surface area contributed by atoms with Crippen molar-refractivity contribution < 1.29 is 9.53 Å². The number of nitrogens with one attached hydrogen (secondary N) is 4. The third-order valence-corrected chi connectivity index (χ3v) is 5.78. The van der Waals surface area contributed by atoms with E-state index in [9.17, 15) is 4.79 Å². The first-order valence-corrected chi connectivity index (χ1v) is 11.4. The number of ether oxygens (including phenoxy) is 1. The predicted octanol–water partition coefficient (Wildman–Crippen LogP) is 4.35. The van der Waals surface area contributed by atoms with Gasteiger partial charge in [0.25, 0.3) is 5.91 Å². The molecule has 1 amide bonds. The number of aromatic nitrogens is 1. The molecule has 2 heterocycles. The van der Waals surface area contributed by atoms with Crippen LogP contribution in [0.4, 0.5) is 17.1 Å². The van der Waals surface area contributed by atoms with Gasteiger partial charge in [-0.1, -0.05) is 36.4 Å². The first-order chi connectivity index (χ1) is 17.2. The van der Waals surface area contributed by atoms with Gasteiger partial charge in [-0.15, -0.1) is 0 Å². The molecule has 8 nitrogen and oxygen atoms in total. The second-order valence-electron chi connectivity index (χ2n) is 8.17. The molecule has 2 atom stereocenters. The minimum atomic E-state index is -0.224. The van der Waals surface area contributed by atoms with Crippen molar-refractivity contribution in [1.29, 1.82) is 0 Å². The van der Waals surface area contributed by atoms with Gasteiger partial charge in [0.05, 0.1) is 17.4 Å². The fourth-order valence-corrected chi connectivity index (χ4v) is 3.97. The summed E-state index contributed by atoms with van der Waals surface area (Å²) in [5.74, 6) is 0.958. The van der Waals surface area contributed by atoms with Crippen molar-refractivity contribution >= 4 is 23.0 Å². The smallest absolute Gasteiger partial charge is 0.257 e. The quantitative estimate of drug-likeness (QED) is 0.275. The van der Waals surface area contributed by atoms with Crippen LogP contribution in [-0.4, -0.2) is 23.6 Å². The average Bonchev–Trinajstić information content (AvgIpc) is 3.32. The van der Waals surface area contributed by atoms with Gasteiger partial charge in [0.15, 0.2) is 0 Å². The molecule has 1 saturated heterocycles. The molecule has 3 aromatic carbocycles.